The summed E-state index contributed by atoms with van der Waals surface area (Å²) in [5, 5.41) is 0.665. The number of fused-ring (bicyclic) bond motifs is 1. The molecule has 0 aliphatic rings. The molecule has 206 valence electrons. The van der Waals surface area contributed by atoms with Gasteiger partial charge >= 0.3 is 16.3 Å². The number of aromatic nitrogens is 1. The largest absolute Gasteiger partial charge is 0.416 e. The van der Waals surface area contributed by atoms with Crippen LogP contribution in [0.1, 0.15) is 25.0 Å². The second kappa shape index (κ2) is 10.9. The minimum absolute atomic E-state index is 0.0385. The maximum atomic E-state index is 13.8. The van der Waals surface area contributed by atoms with Gasteiger partial charge in [-0.2, -0.15) is 25.9 Å². The van der Waals surface area contributed by atoms with Crippen molar-refractivity contribution in [3.63, 3.8) is 0 Å². The second-order valence-electron chi connectivity index (χ2n) is 9.23. The molecule has 0 saturated heterocycles. The standard InChI is InChI=1S/C27H25F3N2O5S2/c1-19(2)17-32(38(33,34)25-13-4-8-21-9-6-14-31-26(21)25)18-20-7-3-11-23(15-20)37-39(35,36)24-12-5-10-22(16-24)27(28,29)30/h3-16,19H,17-18H2,1-2H3. The summed E-state index contributed by atoms with van der Waals surface area (Å²) in [4.78, 5) is 3.64. The van der Waals surface area contributed by atoms with Gasteiger partial charge in [-0.1, -0.05) is 50.2 Å². The van der Waals surface area contributed by atoms with Crippen molar-refractivity contribution in [2.75, 3.05) is 6.54 Å². The van der Waals surface area contributed by atoms with Crippen molar-refractivity contribution >= 4 is 31.0 Å². The first-order valence-corrected chi connectivity index (χ1v) is 14.7. The van der Waals surface area contributed by atoms with Gasteiger partial charge in [-0.25, -0.2) is 8.42 Å². The molecule has 0 aliphatic carbocycles. The van der Waals surface area contributed by atoms with Gasteiger partial charge < -0.3 is 4.18 Å². The van der Waals surface area contributed by atoms with Crippen LogP contribution in [0, 0.1) is 5.92 Å². The molecule has 39 heavy (non-hydrogen) atoms. The molecule has 0 saturated carbocycles. The Kier molecular flexibility index (Phi) is 8.01. The van der Waals surface area contributed by atoms with Crippen LogP contribution in [0.15, 0.2) is 94.9 Å². The predicted molar refractivity (Wildman–Crippen MR) is 140 cm³/mol. The van der Waals surface area contributed by atoms with Crippen LogP contribution < -0.4 is 4.18 Å². The average Bonchev–Trinajstić information content (AvgIpc) is 2.87. The van der Waals surface area contributed by atoms with E-state index in [1.165, 1.54) is 34.8 Å². The van der Waals surface area contributed by atoms with Crippen LogP contribution in [-0.2, 0) is 32.9 Å². The number of para-hydroxylation sites is 1. The molecule has 3 aromatic carbocycles. The molecular formula is C27H25F3N2O5S2. The van der Waals surface area contributed by atoms with Crippen LogP contribution in [0.3, 0.4) is 0 Å². The molecule has 0 aliphatic heterocycles. The van der Waals surface area contributed by atoms with E-state index in [2.05, 4.69) is 4.98 Å². The zero-order chi connectivity index (χ0) is 28.4. The van der Waals surface area contributed by atoms with E-state index < -0.39 is 36.8 Å². The minimum Gasteiger partial charge on any atom is -0.379 e. The van der Waals surface area contributed by atoms with E-state index in [9.17, 15) is 30.0 Å². The first kappa shape index (κ1) is 28.5. The van der Waals surface area contributed by atoms with E-state index in [0.717, 1.165) is 18.2 Å². The number of alkyl halides is 3. The Labute approximate surface area is 225 Å². The fraction of sp³-hybridized carbons (Fsp3) is 0.222. The van der Waals surface area contributed by atoms with Gasteiger partial charge in [-0.15, -0.1) is 0 Å². The number of nitrogens with zero attached hydrogens (tertiary/aromatic N) is 2. The van der Waals surface area contributed by atoms with E-state index in [-0.39, 0.29) is 29.7 Å². The lowest BCUT2D eigenvalue weighted by Crippen LogP contribution is -2.34. The summed E-state index contributed by atoms with van der Waals surface area (Å²) < 4.78 is 98.6. The van der Waals surface area contributed by atoms with Gasteiger partial charge in [0.15, 0.2) is 0 Å². The van der Waals surface area contributed by atoms with Crippen molar-refractivity contribution in [3.8, 4) is 5.75 Å². The summed E-state index contributed by atoms with van der Waals surface area (Å²) in [7, 11) is -8.62. The summed E-state index contributed by atoms with van der Waals surface area (Å²) >= 11 is 0. The van der Waals surface area contributed by atoms with Crippen molar-refractivity contribution in [2.45, 2.75) is 36.4 Å². The maximum absolute atomic E-state index is 13.8. The highest BCUT2D eigenvalue weighted by Gasteiger charge is 2.32. The van der Waals surface area contributed by atoms with Gasteiger partial charge in [-0.3, -0.25) is 4.98 Å². The molecule has 7 nitrogen and oxygen atoms in total. The van der Waals surface area contributed by atoms with Crippen molar-refractivity contribution in [1.29, 1.82) is 0 Å². The first-order chi connectivity index (χ1) is 18.3. The molecule has 0 fully saturated rings. The quantitative estimate of drug-likeness (QED) is 0.231. The van der Waals surface area contributed by atoms with E-state index in [1.54, 1.807) is 30.3 Å². The number of rotatable bonds is 9. The smallest absolute Gasteiger partial charge is 0.379 e. The van der Waals surface area contributed by atoms with E-state index in [1.807, 2.05) is 13.8 Å². The lowest BCUT2D eigenvalue weighted by atomic mass is 10.2. The lowest BCUT2D eigenvalue weighted by Gasteiger charge is -2.25. The van der Waals surface area contributed by atoms with Gasteiger partial charge in [0.1, 0.15) is 15.5 Å². The highest BCUT2D eigenvalue weighted by atomic mass is 32.2. The molecule has 12 heteroatoms. The van der Waals surface area contributed by atoms with Crippen LogP contribution in [0.25, 0.3) is 10.9 Å². The molecule has 1 aromatic heterocycles. The number of pyridine rings is 1. The maximum Gasteiger partial charge on any atom is 0.416 e. The summed E-state index contributed by atoms with van der Waals surface area (Å²) in [6, 6.07) is 17.3. The summed E-state index contributed by atoms with van der Waals surface area (Å²) in [6.07, 6.45) is -3.21. The van der Waals surface area contributed by atoms with Crippen LogP contribution in [0.2, 0.25) is 0 Å². The van der Waals surface area contributed by atoms with E-state index in [4.69, 9.17) is 4.18 Å². The van der Waals surface area contributed by atoms with Gasteiger partial charge in [0.25, 0.3) is 0 Å². The topological polar surface area (TPSA) is 93.6 Å². The molecule has 0 amide bonds. The third kappa shape index (κ3) is 6.57. The van der Waals surface area contributed by atoms with Crippen molar-refractivity contribution in [3.05, 3.63) is 96.2 Å². The van der Waals surface area contributed by atoms with E-state index >= 15 is 0 Å². The number of hydrogen-bond acceptors (Lipinski definition) is 6. The normalized spacial score (nSPS) is 12.8. The summed E-state index contributed by atoms with van der Waals surface area (Å²) in [6.45, 7) is 3.79. The van der Waals surface area contributed by atoms with Gasteiger partial charge in [0.2, 0.25) is 10.0 Å². The Bertz CT molecular complexity index is 1700. The third-order valence-electron chi connectivity index (χ3n) is 5.70. The van der Waals surface area contributed by atoms with Crippen LogP contribution >= 0.6 is 0 Å². The van der Waals surface area contributed by atoms with Crippen molar-refractivity contribution in [1.82, 2.24) is 9.29 Å². The molecule has 0 unspecified atom stereocenters. The molecular weight excluding hydrogens is 553 g/mol. The minimum atomic E-state index is -4.73. The Morgan fingerprint density at radius 3 is 2.31 bits per heavy atom. The molecule has 0 bridgehead atoms. The molecule has 4 aromatic rings. The van der Waals surface area contributed by atoms with Gasteiger partial charge in [0, 0.05) is 24.7 Å². The Morgan fingerprint density at radius 1 is 0.897 bits per heavy atom. The molecule has 0 radical (unpaired) electrons. The van der Waals surface area contributed by atoms with Crippen LogP contribution in [0.5, 0.6) is 5.75 Å². The lowest BCUT2D eigenvalue weighted by molar-refractivity contribution is -0.137. The average molecular weight is 579 g/mol. The Hall–Kier alpha value is -3.48. The second-order valence-corrected chi connectivity index (χ2v) is 12.7. The molecule has 0 N–H and O–H groups in total. The molecule has 4 rings (SSSR count). The SMILES string of the molecule is CC(C)CN(Cc1cccc(OS(=O)(=O)c2cccc(C(F)(F)F)c2)c1)S(=O)(=O)c1cccc2cccnc12. The summed E-state index contributed by atoms with van der Waals surface area (Å²) in [5.74, 6) is -0.206. The van der Waals surface area contributed by atoms with Crippen LogP contribution in [-0.4, -0.2) is 32.7 Å². The highest BCUT2D eigenvalue weighted by molar-refractivity contribution is 7.89. The third-order valence-corrected chi connectivity index (χ3v) is 8.78. The zero-order valence-corrected chi connectivity index (χ0v) is 22.6. The Balaban J connectivity index is 1.64. The van der Waals surface area contributed by atoms with Crippen molar-refractivity contribution < 1.29 is 34.2 Å². The molecule has 0 spiro atoms. The number of halogens is 3. The van der Waals surface area contributed by atoms with Crippen LogP contribution in [0.4, 0.5) is 13.2 Å². The van der Waals surface area contributed by atoms with Crippen molar-refractivity contribution in [2.24, 2.45) is 5.92 Å². The van der Waals surface area contributed by atoms with Gasteiger partial charge in [-0.05, 0) is 53.9 Å². The monoisotopic (exact) mass is 578 g/mol. The number of benzene rings is 3. The number of hydrogen-bond donors (Lipinski definition) is 0. The summed E-state index contributed by atoms with van der Waals surface area (Å²) in [5.41, 5.74) is -0.374. The molecule has 0 atom stereocenters. The number of sulfonamides is 1. The fourth-order valence-corrected chi connectivity index (χ4v) is 6.71. The Morgan fingerprint density at radius 2 is 1.59 bits per heavy atom. The molecule has 1 heterocycles. The zero-order valence-electron chi connectivity index (χ0n) is 21.0. The predicted octanol–water partition coefficient (Wildman–Crippen LogP) is 5.87. The van der Waals surface area contributed by atoms with E-state index in [0.29, 0.717) is 22.5 Å². The van der Waals surface area contributed by atoms with Gasteiger partial charge in [0.05, 0.1) is 11.1 Å². The fourth-order valence-electron chi connectivity index (χ4n) is 3.98. The highest BCUT2D eigenvalue weighted by Crippen LogP contribution is 2.32. The first-order valence-electron chi connectivity index (χ1n) is 11.8.